The zero-order valence-corrected chi connectivity index (χ0v) is 15.8. The van der Waals surface area contributed by atoms with Crippen LogP contribution in [0.1, 0.15) is 29.8 Å². The fourth-order valence-corrected chi connectivity index (χ4v) is 2.90. The molecule has 0 fully saturated rings. The summed E-state index contributed by atoms with van der Waals surface area (Å²) in [5, 5.41) is 2.75. The molecule has 0 unspecified atom stereocenters. The Bertz CT molecular complexity index is 875. The number of methoxy groups -OCH3 is 1. The summed E-state index contributed by atoms with van der Waals surface area (Å²) in [5.41, 5.74) is 1.50. The summed E-state index contributed by atoms with van der Waals surface area (Å²) in [6.45, 7) is 4.60. The minimum Gasteiger partial charge on any atom is -0.497 e. The molecule has 140 valence electrons. The molecule has 0 aliphatic carbocycles. The first-order valence-corrected chi connectivity index (χ1v) is 8.80. The second kappa shape index (κ2) is 8.05. The van der Waals surface area contributed by atoms with E-state index in [1.165, 1.54) is 0 Å². The van der Waals surface area contributed by atoms with Crippen LogP contribution in [0.3, 0.4) is 0 Å². The first kappa shape index (κ1) is 18.7. The van der Waals surface area contributed by atoms with Gasteiger partial charge in [-0.15, -0.1) is 0 Å². The van der Waals surface area contributed by atoms with Crippen molar-refractivity contribution in [3.63, 3.8) is 0 Å². The summed E-state index contributed by atoms with van der Waals surface area (Å²) in [6.07, 6.45) is 0.864. The van der Waals surface area contributed by atoms with Crippen LogP contribution in [0, 0.1) is 11.8 Å². The van der Waals surface area contributed by atoms with Crippen molar-refractivity contribution in [1.82, 2.24) is 5.32 Å². The minimum absolute atomic E-state index is 0.176. The molecular weight excluding hydrogens is 342 g/mol. The molecule has 0 bridgehead atoms. The largest absolute Gasteiger partial charge is 0.497 e. The van der Waals surface area contributed by atoms with Crippen molar-refractivity contribution in [2.45, 2.75) is 25.9 Å². The van der Waals surface area contributed by atoms with Crippen LogP contribution in [0.25, 0.3) is 0 Å². The lowest BCUT2D eigenvalue weighted by molar-refractivity contribution is 0.0958. The maximum atomic E-state index is 12.0. The van der Waals surface area contributed by atoms with E-state index in [0.717, 1.165) is 17.7 Å². The van der Waals surface area contributed by atoms with Gasteiger partial charge < -0.3 is 19.5 Å². The Morgan fingerprint density at radius 3 is 2.70 bits per heavy atom. The SMILES string of the molecule is COc1ccc(C(=O)NCC#CCOc2cccc3c2OC(C)(C)C3)cc1. The number of fused-ring (bicyclic) bond motifs is 1. The van der Waals surface area contributed by atoms with E-state index in [4.69, 9.17) is 14.2 Å². The lowest BCUT2D eigenvalue weighted by Crippen LogP contribution is -2.24. The molecule has 0 aromatic heterocycles. The van der Waals surface area contributed by atoms with Crippen LogP contribution in [0.15, 0.2) is 42.5 Å². The van der Waals surface area contributed by atoms with Gasteiger partial charge in [-0.1, -0.05) is 24.0 Å². The number of hydrogen-bond acceptors (Lipinski definition) is 4. The smallest absolute Gasteiger partial charge is 0.252 e. The molecule has 27 heavy (non-hydrogen) atoms. The van der Waals surface area contributed by atoms with E-state index in [-0.39, 0.29) is 24.7 Å². The number of hydrogen-bond donors (Lipinski definition) is 1. The number of carbonyl (C=O) groups is 1. The predicted octanol–water partition coefficient (Wildman–Crippen LogP) is 3.22. The summed E-state index contributed by atoms with van der Waals surface area (Å²) in [4.78, 5) is 12.0. The first-order chi connectivity index (χ1) is 13.0. The molecule has 0 saturated heterocycles. The fourth-order valence-electron chi connectivity index (χ4n) is 2.90. The van der Waals surface area contributed by atoms with E-state index in [2.05, 4.69) is 37.1 Å². The Labute approximate surface area is 159 Å². The van der Waals surface area contributed by atoms with Gasteiger partial charge in [-0.3, -0.25) is 4.79 Å². The van der Waals surface area contributed by atoms with Gasteiger partial charge in [0.1, 0.15) is 18.0 Å². The van der Waals surface area contributed by atoms with Gasteiger partial charge in [0.05, 0.1) is 13.7 Å². The Balaban J connectivity index is 1.47. The number of para-hydroxylation sites is 1. The predicted molar refractivity (Wildman–Crippen MR) is 103 cm³/mol. The van der Waals surface area contributed by atoms with Gasteiger partial charge in [-0.2, -0.15) is 0 Å². The highest BCUT2D eigenvalue weighted by Gasteiger charge is 2.32. The van der Waals surface area contributed by atoms with Crippen LogP contribution in [0.4, 0.5) is 0 Å². The molecule has 5 nitrogen and oxygen atoms in total. The highest BCUT2D eigenvalue weighted by molar-refractivity contribution is 5.94. The van der Waals surface area contributed by atoms with Crippen molar-refractivity contribution in [3.05, 3.63) is 53.6 Å². The van der Waals surface area contributed by atoms with Gasteiger partial charge in [0.2, 0.25) is 0 Å². The molecular formula is C22H23NO4. The molecule has 0 saturated carbocycles. The zero-order chi connectivity index (χ0) is 19.3. The van der Waals surface area contributed by atoms with E-state index in [1.807, 2.05) is 12.1 Å². The third-order valence-electron chi connectivity index (χ3n) is 4.17. The molecule has 1 aliphatic rings. The van der Waals surface area contributed by atoms with Crippen molar-refractivity contribution in [2.75, 3.05) is 20.3 Å². The van der Waals surface area contributed by atoms with Crippen LogP contribution in [-0.4, -0.2) is 31.8 Å². The highest BCUT2D eigenvalue weighted by atomic mass is 16.5. The number of rotatable bonds is 5. The van der Waals surface area contributed by atoms with Crippen LogP contribution >= 0.6 is 0 Å². The number of amides is 1. The lowest BCUT2D eigenvalue weighted by Gasteiger charge is -2.17. The van der Waals surface area contributed by atoms with Crippen molar-refractivity contribution < 1.29 is 19.0 Å². The van der Waals surface area contributed by atoms with Gasteiger partial charge in [-0.25, -0.2) is 0 Å². The third kappa shape index (κ3) is 4.73. The van der Waals surface area contributed by atoms with E-state index < -0.39 is 0 Å². The topological polar surface area (TPSA) is 56.8 Å². The molecule has 0 radical (unpaired) electrons. The van der Waals surface area contributed by atoms with Crippen molar-refractivity contribution in [1.29, 1.82) is 0 Å². The summed E-state index contributed by atoms with van der Waals surface area (Å²) in [5.74, 6) is 7.84. The van der Waals surface area contributed by atoms with Gasteiger partial charge in [-0.05, 0) is 44.2 Å². The van der Waals surface area contributed by atoms with E-state index in [9.17, 15) is 4.79 Å². The maximum Gasteiger partial charge on any atom is 0.252 e. The molecule has 2 aromatic carbocycles. The molecule has 3 rings (SSSR count). The first-order valence-electron chi connectivity index (χ1n) is 8.80. The van der Waals surface area contributed by atoms with Gasteiger partial charge in [0, 0.05) is 17.5 Å². The van der Waals surface area contributed by atoms with Gasteiger partial charge in [0.15, 0.2) is 11.5 Å². The molecule has 2 aromatic rings. The van der Waals surface area contributed by atoms with Crippen molar-refractivity contribution >= 4 is 5.91 Å². The van der Waals surface area contributed by atoms with Crippen molar-refractivity contribution in [3.8, 4) is 29.1 Å². The molecule has 1 N–H and O–H groups in total. The Hall–Kier alpha value is -3.13. The number of nitrogens with one attached hydrogen (secondary N) is 1. The molecule has 0 spiro atoms. The van der Waals surface area contributed by atoms with Crippen LogP contribution in [0.2, 0.25) is 0 Å². The highest BCUT2D eigenvalue weighted by Crippen LogP contribution is 2.41. The second-order valence-corrected chi connectivity index (χ2v) is 6.84. The minimum atomic E-state index is -0.209. The second-order valence-electron chi connectivity index (χ2n) is 6.84. The van der Waals surface area contributed by atoms with Crippen LogP contribution in [0.5, 0.6) is 17.2 Å². The van der Waals surface area contributed by atoms with Crippen LogP contribution in [-0.2, 0) is 6.42 Å². The summed E-state index contributed by atoms with van der Waals surface area (Å²) in [7, 11) is 1.59. The number of ether oxygens (including phenoxy) is 3. The molecule has 5 heteroatoms. The monoisotopic (exact) mass is 365 g/mol. The average molecular weight is 365 g/mol. The number of benzene rings is 2. The van der Waals surface area contributed by atoms with E-state index in [0.29, 0.717) is 17.1 Å². The number of carbonyl (C=O) groups excluding carboxylic acids is 1. The van der Waals surface area contributed by atoms with Gasteiger partial charge >= 0.3 is 0 Å². The maximum absolute atomic E-state index is 12.0. The summed E-state index contributed by atoms with van der Waals surface area (Å²) >= 11 is 0. The summed E-state index contributed by atoms with van der Waals surface area (Å²) in [6, 6.07) is 12.8. The standard InChI is InChI=1S/C22H23NO4/c1-22(2)15-17-7-6-8-19(20(17)27-22)26-14-5-4-13-23-21(24)16-9-11-18(25-3)12-10-16/h6-12H,13-15H2,1-3H3,(H,23,24). The molecule has 1 aliphatic heterocycles. The van der Waals surface area contributed by atoms with Crippen LogP contribution < -0.4 is 19.5 Å². The zero-order valence-electron chi connectivity index (χ0n) is 15.8. The Morgan fingerprint density at radius 1 is 1.19 bits per heavy atom. The normalized spacial score (nSPS) is 13.6. The average Bonchev–Trinajstić information content (AvgIpc) is 2.99. The Morgan fingerprint density at radius 2 is 1.96 bits per heavy atom. The summed E-state index contributed by atoms with van der Waals surface area (Å²) < 4.78 is 16.8. The fraction of sp³-hybridized carbons (Fsp3) is 0.318. The van der Waals surface area contributed by atoms with Crippen molar-refractivity contribution in [2.24, 2.45) is 0 Å². The molecule has 1 amide bonds. The lowest BCUT2D eigenvalue weighted by atomic mass is 10.0. The quantitative estimate of drug-likeness (QED) is 0.827. The Kier molecular flexibility index (Phi) is 5.56. The molecule has 1 heterocycles. The molecule has 0 atom stereocenters. The van der Waals surface area contributed by atoms with Gasteiger partial charge in [0.25, 0.3) is 5.91 Å². The van der Waals surface area contributed by atoms with E-state index >= 15 is 0 Å². The third-order valence-corrected chi connectivity index (χ3v) is 4.17. The van der Waals surface area contributed by atoms with E-state index in [1.54, 1.807) is 31.4 Å².